The first-order valence-corrected chi connectivity index (χ1v) is 10.5. The average Bonchev–Trinajstić information content (AvgIpc) is 2.68. The van der Waals surface area contributed by atoms with Crippen molar-refractivity contribution in [1.82, 2.24) is 0 Å². The van der Waals surface area contributed by atoms with Gasteiger partial charge in [-0.3, -0.25) is 0 Å². The van der Waals surface area contributed by atoms with Crippen LogP contribution in [-0.4, -0.2) is 13.1 Å². The molecule has 30 heavy (non-hydrogen) atoms. The van der Waals surface area contributed by atoms with Crippen LogP contribution < -0.4 is 9.64 Å². The van der Waals surface area contributed by atoms with Gasteiger partial charge in [0.15, 0.2) is 0 Å². The predicted octanol–water partition coefficient (Wildman–Crippen LogP) is 6.30. The van der Waals surface area contributed by atoms with Gasteiger partial charge in [0.25, 0.3) is 0 Å². The Balaban J connectivity index is 1.99. The molecule has 1 heterocycles. The van der Waals surface area contributed by atoms with Crippen LogP contribution in [0.5, 0.6) is 5.75 Å². The molecule has 2 aliphatic rings. The number of ether oxygens (including phenoxy) is 1. The molecule has 0 bridgehead atoms. The monoisotopic (exact) mass is 399 g/mol. The standard InChI is InChI=1S/C26H29N3O/c1-6-29(7-2)22-8-9-24-18(3)10-23(30-25(24)13-22)12-19-11-20(21(16-27)17-28)15-26(4,5)14-19/h8-13H,6-7,14-15H2,1-5H3/b23-12+. The summed E-state index contributed by atoms with van der Waals surface area (Å²) in [4.78, 5) is 2.30. The van der Waals surface area contributed by atoms with E-state index in [1.807, 2.05) is 24.3 Å². The fraction of sp³-hybridized carbons (Fsp3) is 0.385. The molecule has 0 N–H and O–H groups in total. The average molecular weight is 400 g/mol. The Morgan fingerprint density at radius 2 is 1.83 bits per heavy atom. The summed E-state index contributed by atoms with van der Waals surface area (Å²) in [6.45, 7) is 12.6. The predicted molar refractivity (Wildman–Crippen MR) is 122 cm³/mol. The van der Waals surface area contributed by atoms with Crippen molar-refractivity contribution in [2.45, 2.75) is 47.5 Å². The zero-order chi connectivity index (χ0) is 21.9. The highest BCUT2D eigenvalue weighted by atomic mass is 16.5. The molecule has 4 heteroatoms. The molecule has 154 valence electrons. The summed E-state index contributed by atoms with van der Waals surface area (Å²) in [5.74, 6) is 1.65. The van der Waals surface area contributed by atoms with Crippen molar-refractivity contribution in [1.29, 1.82) is 10.5 Å². The van der Waals surface area contributed by atoms with E-state index in [-0.39, 0.29) is 11.0 Å². The second kappa shape index (κ2) is 8.64. The number of allylic oxidation sites excluding steroid dienone is 7. The molecular formula is C26H29N3O. The Hall–Kier alpha value is -3.24. The highest BCUT2D eigenvalue weighted by molar-refractivity contribution is 5.76. The molecule has 0 aromatic heterocycles. The third-order valence-electron chi connectivity index (χ3n) is 5.69. The quantitative estimate of drug-likeness (QED) is 0.557. The molecule has 0 radical (unpaired) electrons. The first kappa shape index (κ1) is 21.5. The van der Waals surface area contributed by atoms with Crippen LogP contribution in [0.15, 0.2) is 58.9 Å². The van der Waals surface area contributed by atoms with Crippen molar-refractivity contribution in [2.24, 2.45) is 5.41 Å². The van der Waals surface area contributed by atoms with Gasteiger partial charge in [-0.05, 0) is 80.0 Å². The van der Waals surface area contributed by atoms with E-state index in [1.54, 1.807) is 0 Å². The molecule has 1 aromatic carbocycles. The lowest BCUT2D eigenvalue weighted by Gasteiger charge is -2.31. The number of nitriles is 2. The highest BCUT2D eigenvalue weighted by Crippen LogP contribution is 2.41. The second-order valence-corrected chi connectivity index (χ2v) is 8.69. The van der Waals surface area contributed by atoms with Crippen molar-refractivity contribution in [3.63, 3.8) is 0 Å². The smallest absolute Gasteiger partial charge is 0.136 e. The Morgan fingerprint density at radius 1 is 1.13 bits per heavy atom. The molecule has 0 fully saturated rings. The number of anilines is 1. The first-order chi connectivity index (χ1) is 14.3. The van der Waals surface area contributed by atoms with E-state index in [2.05, 4.69) is 63.8 Å². The van der Waals surface area contributed by atoms with Crippen molar-refractivity contribution < 1.29 is 4.74 Å². The highest BCUT2D eigenvalue weighted by Gasteiger charge is 2.27. The number of rotatable bonds is 4. The van der Waals surface area contributed by atoms with Crippen LogP contribution in [-0.2, 0) is 0 Å². The van der Waals surface area contributed by atoms with Crippen LogP contribution in [0.1, 0.15) is 53.0 Å². The summed E-state index contributed by atoms with van der Waals surface area (Å²) in [6, 6.07) is 10.5. The third kappa shape index (κ3) is 4.50. The van der Waals surface area contributed by atoms with E-state index in [0.29, 0.717) is 0 Å². The largest absolute Gasteiger partial charge is 0.457 e. The summed E-state index contributed by atoms with van der Waals surface area (Å²) in [6.07, 6.45) is 7.67. The minimum atomic E-state index is -0.0172. The van der Waals surface area contributed by atoms with Gasteiger partial charge < -0.3 is 9.64 Å². The summed E-state index contributed by atoms with van der Waals surface area (Å²) < 4.78 is 6.27. The van der Waals surface area contributed by atoms with Crippen molar-refractivity contribution in [3.05, 3.63) is 64.5 Å². The normalized spacial score (nSPS) is 18.4. The topological polar surface area (TPSA) is 60.0 Å². The van der Waals surface area contributed by atoms with Gasteiger partial charge in [0.05, 0.1) is 0 Å². The lowest BCUT2D eigenvalue weighted by Crippen LogP contribution is -2.22. The van der Waals surface area contributed by atoms with E-state index < -0.39 is 0 Å². The Labute approximate surface area is 180 Å². The number of nitrogens with zero attached hydrogens (tertiary/aromatic N) is 3. The molecular weight excluding hydrogens is 370 g/mol. The SMILES string of the molecule is CCN(CC)c1ccc2c(c1)O/C(=C/C1=CC(=C(C#N)C#N)CC(C)(C)C1)C=C2C. The van der Waals surface area contributed by atoms with E-state index in [1.165, 1.54) is 0 Å². The summed E-state index contributed by atoms with van der Waals surface area (Å²) >= 11 is 0. The van der Waals surface area contributed by atoms with Crippen molar-refractivity contribution in [2.75, 3.05) is 18.0 Å². The van der Waals surface area contributed by atoms with Crippen LogP contribution >= 0.6 is 0 Å². The van der Waals surface area contributed by atoms with Gasteiger partial charge in [-0.1, -0.05) is 19.9 Å². The first-order valence-electron chi connectivity index (χ1n) is 10.5. The van der Waals surface area contributed by atoms with E-state index in [9.17, 15) is 10.5 Å². The maximum Gasteiger partial charge on any atom is 0.136 e. The van der Waals surface area contributed by atoms with Gasteiger partial charge in [-0.15, -0.1) is 0 Å². The lowest BCUT2D eigenvalue weighted by atomic mass is 9.74. The molecule has 1 aromatic rings. The van der Waals surface area contributed by atoms with Gasteiger partial charge >= 0.3 is 0 Å². The number of hydrogen-bond acceptors (Lipinski definition) is 4. The minimum Gasteiger partial charge on any atom is -0.457 e. The van der Waals surface area contributed by atoms with Crippen LogP contribution in [0.3, 0.4) is 0 Å². The van der Waals surface area contributed by atoms with Gasteiger partial charge in [0.1, 0.15) is 29.2 Å². The van der Waals surface area contributed by atoms with Crippen molar-refractivity contribution in [3.8, 4) is 17.9 Å². The van der Waals surface area contributed by atoms with Crippen LogP contribution in [0.25, 0.3) is 5.57 Å². The maximum atomic E-state index is 9.30. The molecule has 3 rings (SSSR count). The molecule has 4 nitrogen and oxygen atoms in total. The number of hydrogen-bond donors (Lipinski definition) is 0. The second-order valence-electron chi connectivity index (χ2n) is 8.69. The number of fused-ring (bicyclic) bond motifs is 1. The zero-order valence-corrected chi connectivity index (χ0v) is 18.5. The molecule has 0 saturated heterocycles. The van der Waals surface area contributed by atoms with Crippen LogP contribution in [0.2, 0.25) is 0 Å². The van der Waals surface area contributed by atoms with Crippen LogP contribution in [0, 0.1) is 28.1 Å². The molecule has 0 unspecified atom stereocenters. The van der Waals surface area contributed by atoms with E-state index >= 15 is 0 Å². The molecule has 1 aliphatic heterocycles. The molecule has 1 aliphatic carbocycles. The zero-order valence-electron chi connectivity index (χ0n) is 18.5. The molecule has 0 saturated carbocycles. The van der Waals surface area contributed by atoms with Gasteiger partial charge in [-0.25, -0.2) is 0 Å². The fourth-order valence-corrected chi connectivity index (χ4v) is 4.29. The fourth-order valence-electron chi connectivity index (χ4n) is 4.29. The van der Waals surface area contributed by atoms with Gasteiger partial charge in [0, 0.05) is 30.4 Å². The third-order valence-corrected chi connectivity index (χ3v) is 5.69. The maximum absolute atomic E-state index is 9.30. The summed E-state index contributed by atoms with van der Waals surface area (Å²) in [7, 11) is 0. The summed E-state index contributed by atoms with van der Waals surface area (Å²) in [5, 5.41) is 18.6. The van der Waals surface area contributed by atoms with Crippen LogP contribution in [0.4, 0.5) is 5.69 Å². The van der Waals surface area contributed by atoms with Crippen molar-refractivity contribution >= 4 is 11.3 Å². The Bertz CT molecular complexity index is 1030. The Morgan fingerprint density at radius 3 is 2.47 bits per heavy atom. The Kier molecular flexibility index (Phi) is 6.18. The van der Waals surface area contributed by atoms with Gasteiger partial charge in [-0.2, -0.15) is 10.5 Å². The minimum absolute atomic E-state index is 0.0172. The lowest BCUT2D eigenvalue weighted by molar-refractivity contribution is 0.353. The van der Waals surface area contributed by atoms with E-state index in [0.717, 1.165) is 65.4 Å². The molecule has 0 amide bonds. The molecule has 0 spiro atoms. The van der Waals surface area contributed by atoms with E-state index in [4.69, 9.17) is 4.74 Å². The molecule has 0 atom stereocenters. The van der Waals surface area contributed by atoms with Gasteiger partial charge in [0.2, 0.25) is 0 Å². The number of benzene rings is 1. The summed E-state index contributed by atoms with van der Waals surface area (Å²) in [5.41, 5.74) is 5.49.